The first-order valence-electron chi connectivity index (χ1n) is 5.52. The van der Waals surface area contributed by atoms with Gasteiger partial charge in [-0.1, -0.05) is 0 Å². The molecule has 0 spiro atoms. The Bertz CT molecular complexity index is 258. The number of hydrogen-bond acceptors (Lipinski definition) is 3. The molecule has 1 aliphatic rings. The highest BCUT2D eigenvalue weighted by Crippen LogP contribution is 2.21. The van der Waals surface area contributed by atoms with E-state index in [-0.39, 0.29) is 18.7 Å². The third kappa shape index (κ3) is 5.36. The monoisotopic (exact) mass is 254 g/mol. The summed E-state index contributed by atoms with van der Waals surface area (Å²) in [6.45, 7) is -1.48. The Morgan fingerprint density at radius 2 is 2.12 bits per heavy atom. The zero-order valence-electron chi connectivity index (χ0n) is 9.64. The lowest BCUT2D eigenvalue weighted by Gasteiger charge is -2.19. The maximum atomic E-state index is 11.8. The molecule has 2 unspecified atom stereocenters. The van der Waals surface area contributed by atoms with Crippen LogP contribution in [-0.2, 0) is 9.53 Å². The quantitative estimate of drug-likeness (QED) is 0.763. The van der Waals surface area contributed by atoms with E-state index in [0.29, 0.717) is 0 Å². The van der Waals surface area contributed by atoms with Crippen LogP contribution in [0.2, 0.25) is 0 Å². The molecule has 0 bridgehead atoms. The van der Waals surface area contributed by atoms with Gasteiger partial charge >= 0.3 is 6.18 Å². The first-order valence-corrected chi connectivity index (χ1v) is 5.52. The van der Waals surface area contributed by atoms with Gasteiger partial charge in [-0.2, -0.15) is 13.2 Å². The molecule has 0 saturated heterocycles. The molecular formula is C10H17F3N2O2. The fourth-order valence-electron chi connectivity index (χ4n) is 1.95. The largest absolute Gasteiger partial charge is 0.401 e. The van der Waals surface area contributed by atoms with Crippen LogP contribution in [-0.4, -0.2) is 44.4 Å². The molecule has 1 fully saturated rings. The minimum atomic E-state index is -4.29. The molecule has 7 heteroatoms. The van der Waals surface area contributed by atoms with E-state index in [1.54, 1.807) is 7.11 Å². The number of rotatable bonds is 5. The second-order valence-electron chi connectivity index (χ2n) is 4.10. The number of ether oxygens (including phenoxy) is 1. The normalized spacial score (nSPS) is 24.9. The van der Waals surface area contributed by atoms with Crippen molar-refractivity contribution in [1.29, 1.82) is 0 Å². The minimum Gasteiger partial charge on any atom is -0.379 e. The van der Waals surface area contributed by atoms with Crippen LogP contribution in [0.5, 0.6) is 0 Å². The van der Waals surface area contributed by atoms with Crippen molar-refractivity contribution in [2.75, 3.05) is 20.2 Å². The van der Waals surface area contributed by atoms with Crippen molar-refractivity contribution >= 4 is 5.91 Å². The minimum absolute atomic E-state index is 0.0263. The third-order valence-corrected chi connectivity index (χ3v) is 2.71. The third-order valence-electron chi connectivity index (χ3n) is 2.71. The van der Waals surface area contributed by atoms with Crippen LogP contribution < -0.4 is 10.6 Å². The van der Waals surface area contributed by atoms with Crippen molar-refractivity contribution in [2.45, 2.75) is 37.6 Å². The lowest BCUT2D eigenvalue weighted by Crippen LogP contribution is -2.45. The molecule has 2 N–H and O–H groups in total. The molecule has 17 heavy (non-hydrogen) atoms. The van der Waals surface area contributed by atoms with E-state index >= 15 is 0 Å². The molecular weight excluding hydrogens is 237 g/mol. The Hall–Kier alpha value is -0.820. The summed E-state index contributed by atoms with van der Waals surface area (Å²) in [6, 6.07) is -0.0832. The van der Waals surface area contributed by atoms with Crippen molar-refractivity contribution in [3.63, 3.8) is 0 Å². The van der Waals surface area contributed by atoms with Gasteiger partial charge in [-0.25, -0.2) is 0 Å². The predicted octanol–water partition coefficient (Wildman–Crippen LogP) is 0.822. The van der Waals surface area contributed by atoms with Crippen LogP contribution in [0.1, 0.15) is 19.3 Å². The lowest BCUT2D eigenvalue weighted by atomic mass is 10.2. The number of carbonyl (C=O) groups excluding carboxylic acids is 1. The first kappa shape index (κ1) is 14.2. The van der Waals surface area contributed by atoms with Gasteiger partial charge in [-0.3, -0.25) is 4.79 Å². The lowest BCUT2D eigenvalue weighted by molar-refractivity contribution is -0.129. The molecule has 0 aromatic heterocycles. The fraction of sp³-hybridized carbons (Fsp3) is 0.900. The highest BCUT2D eigenvalue weighted by Gasteiger charge is 2.29. The number of hydrogen-bond donors (Lipinski definition) is 2. The average Bonchev–Trinajstić information content (AvgIpc) is 2.63. The van der Waals surface area contributed by atoms with Crippen LogP contribution in [0.3, 0.4) is 0 Å². The highest BCUT2D eigenvalue weighted by atomic mass is 19.4. The van der Waals surface area contributed by atoms with Crippen LogP contribution in [0.4, 0.5) is 13.2 Å². The summed E-state index contributed by atoms with van der Waals surface area (Å²) < 4.78 is 40.6. The number of carbonyl (C=O) groups is 1. The molecule has 0 heterocycles. The van der Waals surface area contributed by atoms with Gasteiger partial charge < -0.3 is 15.4 Å². The number of alkyl halides is 3. The highest BCUT2D eigenvalue weighted by molar-refractivity contribution is 5.78. The molecule has 4 nitrogen and oxygen atoms in total. The van der Waals surface area contributed by atoms with E-state index in [1.807, 2.05) is 0 Å². The van der Waals surface area contributed by atoms with Gasteiger partial charge in [0.2, 0.25) is 5.91 Å². The Balaban J connectivity index is 2.21. The van der Waals surface area contributed by atoms with E-state index in [1.165, 1.54) is 0 Å². The van der Waals surface area contributed by atoms with E-state index in [4.69, 9.17) is 4.74 Å². The van der Waals surface area contributed by atoms with Crippen molar-refractivity contribution in [3.05, 3.63) is 0 Å². The fourth-order valence-corrected chi connectivity index (χ4v) is 1.95. The molecule has 100 valence electrons. The maximum Gasteiger partial charge on any atom is 0.401 e. The van der Waals surface area contributed by atoms with E-state index in [2.05, 4.69) is 10.6 Å². The number of halogens is 3. The summed E-state index contributed by atoms with van der Waals surface area (Å²) in [4.78, 5) is 11.3. The van der Waals surface area contributed by atoms with Crippen molar-refractivity contribution in [1.82, 2.24) is 10.6 Å². The predicted molar refractivity (Wildman–Crippen MR) is 55.5 cm³/mol. The summed E-state index contributed by atoms with van der Waals surface area (Å²) >= 11 is 0. The molecule has 2 atom stereocenters. The second-order valence-corrected chi connectivity index (χ2v) is 4.10. The van der Waals surface area contributed by atoms with Crippen molar-refractivity contribution < 1.29 is 22.7 Å². The molecule has 1 rings (SSSR count). The van der Waals surface area contributed by atoms with Gasteiger partial charge in [-0.05, 0) is 19.3 Å². The van der Waals surface area contributed by atoms with E-state index < -0.39 is 18.6 Å². The van der Waals surface area contributed by atoms with Crippen molar-refractivity contribution in [2.24, 2.45) is 0 Å². The van der Waals surface area contributed by atoms with Gasteiger partial charge in [0, 0.05) is 7.11 Å². The second kappa shape index (κ2) is 6.20. The van der Waals surface area contributed by atoms with Gasteiger partial charge in [0.25, 0.3) is 0 Å². The van der Waals surface area contributed by atoms with Gasteiger partial charge in [0.15, 0.2) is 0 Å². The van der Waals surface area contributed by atoms with Crippen LogP contribution in [0.15, 0.2) is 0 Å². The topological polar surface area (TPSA) is 50.4 Å². The zero-order valence-corrected chi connectivity index (χ0v) is 9.64. The van der Waals surface area contributed by atoms with Crippen molar-refractivity contribution in [3.8, 4) is 0 Å². The molecule has 1 amide bonds. The summed E-state index contributed by atoms with van der Waals surface area (Å²) in [5.74, 6) is -0.428. The molecule has 1 saturated carbocycles. The number of methoxy groups -OCH3 is 1. The summed E-state index contributed by atoms with van der Waals surface area (Å²) in [5.41, 5.74) is 0. The molecule has 0 aliphatic heterocycles. The van der Waals surface area contributed by atoms with Gasteiger partial charge in [-0.15, -0.1) is 0 Å². The average molecular weight is 254 g/mol. The smallest absolute Gasteiger partial charge is 0.379 e. The van der Waals surface area contributed by atoms with Crippen LogP contribution >= 0.6 is 0 Å². The van der Waals surface area contributed by atoms with E-state index in [0.717, 1.165) is 19.3 Å². The molecule has 1 aliphatic carbocycles. The summed E-state index contributed by atoms with van der Waals surface area (Å²) in [5, 5.41) is 4.73. The van der Waals surface area contributed by atoms with Crippen LogP contribution in [0.25, 0.3) is 0 Å². The Morgan fingerprint density at radius 1 is 1.41 bits per heavy atom. The SMILES string of the molecule is COC1CCCC1NC(=O)CNCC(F)(F)F. The standard InChI is InChI=1S/C10H17F3N2O2/c1-17-8-4-2-3-7(8)15-9(16)5-14-6-10(11,12)13/h7-8,14H,2-6H2,1H3,(H,15,16). The zero-order chi connectivity index (χ0) is 12.9. The summed E-state index contributed by atoms with van der Waals surface area (Å²) in [7, 11) is 1.57. The first-order chi connectivity index (χ1) is 7.92. The Morgan fingerprint density at radius 3 is 2.71 bits per heavy atom. The Labute approximate surface area is 97.9 Å². The van der Waals surface area contributed by atoms with Crippen LogP contribution in [0, 0.1) is 0 Å². The van der Waals surface area contributed by atoms with E-state index in [9.17, 15) is 18.0 Å². The molecule has 0 aromatic carbocycles. The molecule has 0 aromatic rings. The maximum absolute atomic E-state index is 11.8. The van der Waals surface area contributed by atoms with Gasteiger partial charge in [0.05, 0.1) is 25.2 Å². The molecule has 0 radical (unpaired) electrons. The summed E-state index contributed by atoms with van der Waals surface area (Å²) in [6.07, 6.45) is -1.68. The Kier molecular flexibility index (Phi) is 5.20. The number of amides is 1. The van der Waals surface area contributed by atoms with Gasteiger partial charge in [0.1, 0.15) is 0 Å². The number of nitrogens with one attached hydrogen (secondary N) is 2.